The lowest BCUT2D eigenvalue weighted by Crippen LogP contribution is -2.21. The monoisotopic (exact) mass is 413 g/mol. The van der Waals surface area contributed by atoms with Gasteiger partial charge in [0.15, 0.2) is 6.61 Å². The van der Waals surface area contributed by atoms with Crippen molar-refractivity contribution in [3.05, 3.63) is 70.4 Å². The molecule has 1 heterocycles. The van der Waals surface area contributed by atoms with Crippen LogP contribution in [-0.4, -0.2) is 25.6 Å². The van der Waals surface area contributed by atoms with Crippen LogP contribution in [0, 0.1) is 19.7 Å². The van der Waals surface area contributed by atoms with Crippen LogP contribution in [0.15, 0.2) is 48.5 Å². The molecule has 1 aromatic heterocycles. The number of halogens is 1. The molecular weight excluding hydrogens is 393 g/mol. The molecule has 0 saturated heterocycles. The zero-order valence-corrected chi connectivity index (χ0v) is 17.1. The third-order valence-corrected chi connectivity index (χ3v) is 5.24. The Bertz CT molecular complexity index is 1040. The van der Waals surface area contributed by atoms with Crippen LogP contribution in [-0.2, 0) is 9.53 Å². The molecular formula is C22H20FNO4S. The predicted molar refractivity (Wildman–Crippen MR) is 111 cm³/mol. The summed E-state index contributed by atoms with van der Waals surface area (Å²) in [5, 5.41) is 3.10. The fraction of sp³-hybridized carbons (Fsp3) is 0.182. The summed E-state index contributed by atoms with van der Waals surface area (Å²) in [4.78, 5) is 25.6. The Morgan fingerprint density at radius 1 is 1.10 bits per heavy atom. The number of methoxy groups -OCH3 is 1. The zero-order valence-electron chi connectivity index (χ0n) is 16.2. The van der Waals surface area contributed by atoms with Gasteiger partial charge in [0.05, 0.1) is 7.11 Å². The van der Waals surface area contributed by atoms with Crippen molar-refractivity contribution in [3.8, 4) is 16.9 Å². The fourth-order valence-corrected chi connectivity index (χ4v) is 3.99. The molecule has 3 rings (SSSR count). The third-order valence-electron chi connectivity index (χ3n) is 4.22. The first-order valence-corrected chi connectivity index (χ1v) is 9.67. The van der Waals surface area contributed by atoms with Crippen LogP contribution in [0.5, 0.6) is 5.75 Å². The molecule has 150 valence electrons. The number of amides is 1. The van der Waals surface area contributed by atoms with Crippen molar-refractivity contribution in [2.24, 2.45) is 0 Å². The molecule has 29 heavy (non-hydrogen) atoms. The highest BCUT2D eigenvalue weighted by Crippen LogP contribution is 2.40. The van der Waals surface area contributed by atoms with Crippen LogP contribution >= 0.6 is 11.3 Å². The largest absolute Gasteiger partial charge is 0.484 e. The second-order valence-corrected chi connectivity index (χ2v) is 7.61. The first-order valence-electron chi connectivity index (χ1n) is 8.86. The van der Waals surface area contributed by atoms with Gasteiger partial charge in [-0.3, -0.25) is 4.79 Å². The fourth-order valence-electron chi connectivity index (χ4n) is 2.91. The standard InChI is InChI=1S/C22H20FNO4S/c1-13-5-4-6-17(11-13)28-12-18(25)24-21-20(22(26)27-3)19(14(2)29-21)15-7-9-16(23)10-8-15/h4-11H,12H2,1-3H3,(H,24,25). The molecule has 1 amide bonds. The topological polar surface area (TPSA) is 64.6 Å². The number of nitrogens with one attached hydrogen (secondary N) is 1. The summed E-state index contributed by atoms with van der Waals surface area (Å²) in [6.45, 7) is 3.56. The first kappa shape index (κ1) is 20.5. The molecule has 2 aromatic carbocycles. The molecule has 0 aliphatic heterocycles. The van der Waals surface area contributed by atoms with E-state index in [1.54, 1.807) is 18.2 Å². The van der Waals surface area contributed by atoms with Crippen LogP contribution in [0.1, 0.15) is 20.8 Å². The Morgan fingerprint density at radius 3 is 2.48 bits per heavy atom. The van der Waals surface area contributed by atoms with Gasteiger partial charge in [0, 0.05) is 10.4 Å². The lowest BCUT2D eigenvalue weighted by atomic mass is 10.0. The lowest BCUT2D eigenvalue weighted by molar-refractivity contribution is -0.118. The van der Waals surface area contributed by atoms with E-state index in [-0.39, 0.29) is 18.0 Å². The molecule has 0 atom stereocenters. The zero-order chi connectivity index (χ0) is 21.0. The van der Waals surface area contributed by atoms with E-state index in [0.29, 0.717) is 21.9 Å². The van der Waals surface area contributed by atoms with Crippen LogP contribution < -0.4 is 10.1 Å². The van der Waals surface area contributed by atoms with Gasteiger partial charge in [-0.05, 0) is 49.2 Å². The number of hydrogen-bond acceptors (Lipinski definition) is 5. The number of rotatable bonds is 6. The highest BCUT2D eigenvalue weighted by molar-refractivity contribution is 7.17. The molecule has 1 N–H and O–H groups in total. The number of benzene rings is 2. The maximum absolute atomic E-state index is 13.3. The normalized spacial score (nSPS) is 10.5. The van der Waals surface area contributed by atoms with Gasteiger partial charge in [0.1, 0.15) is 22.1 Å². The van der Waals surface area contributed by atoms with E-state index in [2.05, 4.69) is 5.32 Å². The molecule has 0 unspecified atom stereocenters. The summed E-state index contributed by atoms with van der Waals surface area (Å²) in [6, 6.07) is 13.2. The average molecular weight is 413 g/mol. The summed E-state index contributed by atoms with van der Waals surface area (Å²) in [7, 11) is 1.27. The number of anilines is 1. The lowest BCUT2D eigenvalue weighted by Gasteiger charge is -2.09. The molecule has 0 bridgehead atoms. The van der Waals surface area contributed by atoms with Crippen molar-refractivity contribution >= 4 is 28.2 Å². The van der Waals surface area contributed by atoms with E-state index >= 15 is 0 Å². The van der Waals surface area contributed by atoms with Gasteiger partial charge in [-0.1, -0.05) is 24.3 Å². The van der Waals surface area contributed by atoms with E-state index in [1.807, 2.05) is 32.0 Å². The molecule has 5 nitrogen and oxygen atoms in total. The minimum absolute atomic E-state index is 0.201. The molecule has 0 fully saturated rings. The SMILES string of the molecule is COC(=O)c1c(NC(=O)COc2cccc(C)c2)sc(C)c1-c1ccc(F)cc1. The highest BCUT2D eigenvalue weighted by Gasteiger charge is 2.25. The minimum atomic E-state index is -0.580. The van der Waals surface area contributed by atoms with E-state index in [0.717, 1.165) is 10.4 Å². The van der Waals surface area contributed by atoms with Gasteiger partial charge in [-0.25, -0.2) is 9.18 Å². The van der Waals surface area contributed by atoms with Crippen molar-refractivity contribution in [3.63, 3.8) is 0 Å². The van der Waals surface area contributed by atoms with Crippen LogP contribution in [0.2, 0.25) is 0 Å². The number of esters is 1. The van der Waals surface area contributed by atoms with Crippen LogP contribution in [0.3, 0.4) is 0 Å². The molecule has 0 spiro atoms. The smallest absolute Gasteiger partial charge is 0.341 e. The second-order valence-electron chi connectivity index (χ2n) is 6.39. The van der Waals surface area contributed by atoms with Gasteiger partial charge in [-0.2, -0.15) is 0 Å². The van der Waals surface area contributed by atoms with Crippen molar-refractivity contribution < 1.29 is 23.5 Å². The number of aryl methyl sites for hydroxylation is 2. The van der Waals surface area contributed by atoms with Crippen LogP contribution in [0.25, 0.3) is 11.1 Å². The van der Waals surface area contributed by atoms with E-state index in [1.165, 1.54) is 30.6 Å². The number of carbonyl (C=O) groups is 2. The molecule has 0 aliphatic carbocycles. The molecule has 0 saturated carbocycles. The van der Waals surface area contributed by atoms with Gasteiger partial charge < -0.3 is 14.8 Å². The van der Waals surface area contributed by atoms with Crippen molar-refractivity contribution in [2.75, 3.05) is 19.0 Å². The highest BCUT2D eigenvalue weighted by atomic mass is 32.1. The van der Waals surface area contributed by atoms with Gasteiger partial charge in [0.25, 0.3) is 5.91 Å². The van der Waals surface area contributed by atoms with E-state index in [4.69, 9.17) is 9.47 Å². The Morgan fingerprint density at radius 2 is 1.83 bits per heavy atom. The summed E-state index contributed by atoms with van der Waals surface area (Å²) in [6.07, 6.45) is 0. The minimum Gasteiger partial charge on any atom is -0.484 e. The molecule has 3 aromatic rings. The van der Waals surface area contributed by atoms with Crippen molar-refractivity contribution in [1.82, 2.24) is 0 Å². The van der Waals surface area contributed by atoms with E-state index < -0.39 is 11.9 Å². The molecule has 0 aliphatic rings. The number of thiophene rings is 1. The number of ether oxygens (including phenoxy) is 2. The summed E-state index contributed by atoms with van der Waals surface area (Å²) in [5.74, 6) is -0.766. The van der Waals surface area contributed by atoms with Gasteiger partial charge in [0.2, 0.25) is 0 Å². The number of hydrogen-bond donors (Lipinski definition) is 1. The maximum atomic E-state index is 13.3. The Balaban J connectivity index is 1.85. The Kier molecular flexibility index (Phi) is 6.29. The summed E-state index contributed by atoms with van der Waals surface area (Å²) >= 11 is 1.25. The van der Waals surface area contributed by atoms with Crippen LogP contribution in [0.4, 0.5) is 9.39 Å². The average Bonchev–Trinajstić information content (AvgIpc) is 3.02. The molecule has 0 radical (unpaired) electrons. The Labute approximate surface area is 172 Å². The van der Waals surface area contributed by atoms with Gasteiger partial charge in [-0.15, -0.1) is 11.3 Å². The molecule has 7 heteroatoms. The summed E-state index contributed by atoms with van der Waals surface area (Å²) < 4.78 is 23.7. The predicted octanol–water partition coefficient (Wildman–Crippen LogP) is 4.98. The third kappa shape index (κ3) is 4.81. The Hall–Kier alpha value is -3.19. The van der Waals surface area contributed by atoms with Crippen molar-refractivity contribution in [2.45, 2.75) is 13.8 Å². The maximum Gasteiger partial charge on any atom is 0.341 e. The quantitative estimate of drug-likeness (QED) is 0.579. The first-order chi connectivity index (χ1) is 13.9. The summed E-state index contributed by atoms with van der Waals surface area (Å²) in [5.41, 5.74) is 2.54. The second kappa shape index (κ2) is 8.87. The van der Waals surface area contributed by atoms with Crippen molar-refractivity contribution in [1.29, 1.82) is 0 Å². The van der Waals surface area contributed by atoms with E-state index in [9.17, 15) is 14.0 Å². The van der Waals surface area contributed by atoms with Gasteiger partial charge >= 0.3 is 5.97 Å². The number of carbonyl (C=O) groups excluding carboxylic acids is 2.